The lowest BCUT2D eigenvalue weighted by atomic mass is 10.1. The molecule has 2 aliphatic rings. The average Bonchev–Trinajstić information content (AvgIpc) is 3.29. The van der Waals surface area contributed by atoms with Crippen LogP contribution in [-0.2, 0) is 9.47 Å². The molecule has 0 spiro atoms. The summed E-state index contributed by atoms with van der Waals surface area (Å²) in [5.74, 6) is 1.08. The molecule has 1 aromatic carbocycles. The molecule has 10 nitrogen and oxygen atoms in total. The quantitative estimate of drug-likeness (QED) is 0.427. The van der Waals surface area contributed by atoms with Gasteiger partial charge in [-0.1, -0.05) is 29.8 Å². The van der Waals surface area contributed by atoms with E-state index in [9.17, 15) is 4.79 Å². The van der Waals surface area contributed by atoms with Gasteiger partial charge in [-0.05, 0) is 25.3 Å². The number of nitrogens with zero attached hydrogens (tertiary/aromatic N) is 5. The van der Waals surface area contributed by atoms with Crippen molar-refractivity contribution in [1.82, 2.24) is 19.7 Å². The first kappa shape index (κ1) is 22.3. The van der Waals surface area contributed by atoms with Crippen molar-refractivity contribution >= 4 is 29.4 Å². The molecule has 0 bridgehead atoms. The number of ether oxygens (including phenoxy) is 2. The number of hydrogen-bond donors (Lipinski definition) is 2. The fourth-order valence-corrected chi connectivity index (χ4v) is 4.16. The Morgan fingerprint density at radius 2 is 1.91 bits per heavy atom. The van der Waals surface area contributed by atoms with Crippen LogP contribution < -0.4 is 15.6 Å². The van der Waals surface area contributed by atoms with E-state index >= 15 is 0 Å². The molecule has 0 aliphatic carbocycles. The zero-order chi connectivity index (χ0) is 23.3. The van der Waals surface area contributed by atoms with Crippen LogP contribution in [0.25, 0.3) is 5.65 Å². The molecule has 1 amide bonds. The monoisotopic (exact) mass is 463 g/mol. The number of morpholine rings is 1. The summed E-state index contributed by atoms with van der Waals surface area (Å²) < 4.78 is 12.7. The molecule has 2 saturated heterocycles. The lowest BCUT2D eigenvalue weighted by molar-refractivity contribution is 0.0694. The number of imidazole rings is 1. The first-order chi connectivity index (χ1) is 16.7. The summed E-state index contributed by atoms with van der Waals surface area (Å²) in [6.45, 7) is 6.02. The Kier molecular flexibility index (Phi) is 6.68. The van der Waals surface area contributed by atoms with E-state index in [2.05, 4.69) is 31.8 Å². The van der Waals surface area contributed by atoms with Gasteiger partial charge in [0.1, 0.15) is 5.69 Å². The van der Waals surface area contributed by atoms with E-state index in [0.29, 0.717) is 62.5 Å². The topological polar surface area (TPSA) is 105 Å². The van der Waals surface area contributed by atoms with E-state index in [1.54, 1.807) is 18.6 Å². The van der Waals surface area contributed by atoms with Gasteiger partial charge in [-0.2, -0.15) is 5.10 Å². The van der Waals surface area contributed by atoms with Crippen LogP contribution in [0.4, 0.5) is 11.6 Å². The maximum absolute atomic E-state index is 12.9. The fourth-order valence-electron chi connectivity index (χ4n) is 4.16. The standard InChI is InChI=1S/C24H29N7O3/c1-17-3-2-4-18(13-17)14-25-29-21-16-31-15-20(24(32)26-19-5-9-33-10-6-19)27-22(31)23(28-21)30-7-11-34-12-8-30/h2-4,13-16,19,29H,5-12H2,1H3,(H,26,32)/b25-14+. The van der Waals surface area contributed by atoms with Gasteiger partial charge in [0.15, 0.2) is 17.3 Å². The minimum absolute atomic E-state index is 0.107. The van der Waals surface area contributed by atoms with Crippen molar-refractivity contribution in [1.29, 1.82) is 0 Å². The van der Waals surface area contributed by atoms with E-state index in [0.717, 1.165) is 18.4 Å². The summed E-state index contributed by atoms with van der Waals surface area (Å²) in [5.41, 5.74) is 6.19. The number of aromatic nitrogens is 3. The molecule has 2 aliphatic heterocycles. The largest absolute Gasteiger partial charge is 0.381 e. The van der Waals surface area contributed by atoms with Gasteiger partial charge in [0.2, 0.25) is 0 Å². The van der Waals surface area contributed by atoms with Crippen LogP contribution in [0.2, 0.25) is 0 Å². The van der Waals surface area contributed by atoms with Crippen LogP contribution in [0.15, 0.2) is 41.8 Å². The molecule has 0 atom stereocenters. The maximum Gasteiger partial charge on any atom is 0.271 e. The van der Waals surface area contributed by atoms with Crippen LogP contribution in [0.5, 0.6) is 0 Å². The molecule has 3 aromatic rings. The highest BCUT2D eigenvalue weighted by atomic mass is 16.5. The Morgan fingerprint density at radius 3 is 2.71 bits per heavy atom. The second-order valence-corrected chi connectivity index (χ2v) is 8.55. The van der Waals surface area contributed by atoms with Crippen molar-refractivity contribution in [3.8, 4) is 0 Å². The van der Waals surface area contributed by atoms with Crippen LogP contribution in [0, 0.1) is 6.92 Å². The van der Waals surface area contributed by atoms with E-state index in [4.69, 9.17) is 14.5 Å². The molecule has 34 heavy (non-hydrogen) atoms. The number of hydrogen-bond acceptors (Lipinski definition) is 8. The van der Waals surface area contributed by atoms with Gasteiger partial charge >= 0.3 is 0 Å². The van der Waals surface area contributed by atoms with Crippen molar-refractivity contribution in [2.75, 3.05) is 49.8 Å². The number of nitrogens with one attached hydrogen (secondary N) is 2. The van der Waals surface area contributed by atoms with Gasteiger partial charge < -0.3 is 19.7 Å². The van der Waals surface area contributed by atoms with Gasteiger partial charge in [0.05, 0.1) is 25.6 Å². The summed E-state index contributed by atoms with van der Waals surface area (Å²) in [6.07, 6.45) is 6.92. The molecule has 0 radical (unpaired) electrons. The molecular formula is C24H29N7O3. The Morgan fingerprint density at radius 1 is 1.12 bits per heavy atom. The molecule has 0 unspecified atom stereocenters. The van der Waals surface area contributed by atoms with E-state index in [-0.39, 0.29) is 11.9 Å². The molecule has 4 heterocycles. The van der Waals surface area contributed by atoms with Gasteiger partial charge in [0.25, 0.3) is 5.91 Å². The summed E-state index contributed by atoms with van der Waals surface area (Å²) in [4.78, 5) is 24.4. The molecule has 2 N–H and O–H groups in total. The fraction of sp³-hybridized carbons (Fsp3) is 0.417. The minimum Gasteiger partial charge on any atom is -0.381 e. The van der Waals surface area contributed by atoms with Crippen LogP contribution in [0.3, 0.4) is 0 Å². The number of hydrazone groups is 1. The SMILES string of the molecule is Cc1cccc(/C=N/Nc2cn3cc(C(=O)NC4CCOCC4)nc3c(N3CCOCC3)n2)c1. The van der Waals surface area contributed by atoms with Crippen molar-refractivity contribution in [2.45, 2.75) is 25.8 Å². The van der Waals surface area contributed by atoms with Crippen molar-refractivity contribution in [2.24, 2.45) is 5.10 Å². The summed E-state index contributed by atoms with van der Waals surface area (Å²) in [6, 6.07) is 8.20. The average molecular weight is 464 g/mol. The third-order valence-electron chi connectivity index (χ3n) is 5.95. The van der Waals surface area contributed by atoms with Crippen molar-refractivity contribution < 1.29 is 14.3 Å². The Hall–Kier alpha value is -3.50. The number of carbonyl (C=O) groups is 1. The van der Waals surface area contributed by atoms with Gasteiger partial charge in [0, 0.05) is 38.5 Å². The van der Waals surface area contributed by atoms with E-state index in [1.807, 2.05) is 29.5 Å². The molecule has 5 rings (SSSR count). The summed E-state index contributed by atoms with van der Waals surface area (Å²) >= 11 is 0. The lowest BCUT2D eigenvalue weighted by Crippen LogP contribution is -2.39. The second-order valence-electron chi connectivity index (χ2n) is 8.55. The van der Waals surface area contributed by atoms with Crippen LogP contribution in [0.1, 0.15) is 34.5 Å². The molecule has 178 valence electrons. The minimum atomic E-state index is -0.185. The van der Waals surface area contributed by atoms with E-state index in [1.165, 1.54) is 5.56 Å². The number of aryl methyl sites for hydroxylation is 1. The van der Waals surface area contributed by atoms with Gasteiger partial charge in [-0.25, -0.2) is 9.97 Å². The Bertz CT molecular complexity index is 1180. The number of fused-ring (bicyclic) bond motifs is 1. The third-order valence-corrected chi connectivity index (χ3v) is 5.95. The molecule has 10 heteroatoms. The van der Waals surface area contributed by atoms with Crippen LogP contribution >= 0.6 is 0 Å². The zero-order valence-corrected chi connectivity index (χ0v) is 19.2. The van der Waals surface area contributed by atoms with Crippen molar-refractivity contribution in [3.63, 3.8) is 0 Å². The zero-order valence-electron chi connectivity index (χ0n) is 19.2. The number of carbonyl (C=O) groups excluding carboxylic acids is 1. The molecule has 2 aromatic heterocycles. The Balaban J connectivity index is 1.41. The lowest BCUT2D eigenvalue weighted by Gasteiger charge is -2.28. The Labute approximate surface area is 198 Å². The summed E-state index contributed by atoms with van der Waals surface area (Å²) in [7, 11) is 0. The van der Waals surface area contributed by atoms with Crippen molar-refractivity contribution in [3.05, 3.63) is 53.5 Å². The number of amides is 1. The second kappa shape index (κ2) is 10.2. The number of benzene rings is 1. The van der Waals surface area contributed by atoms with E-state index < -0.39 is 0 Å². The van der Waals surface area contributed by atoms with Crippen LogP contribution in [-0.4, -0.2) is 72.0 Å². The number of anilines is 2. The number of rotatable bonds is 6. The highest BCUT2D eigenvalue weighted by Crippen LogP contribution is 2.23. The van der Waals surface area contributed by atoms with Gasteiger partial charge in [-0.15, -0.1) is 0 Å². The molecule has 2 fully saturated rings. The third kappa shape index (κ3) is 5.18. The normalized spacial score (nSPS) is 17.4. The maximum atomic E-state index is 12.9. The van der Waals surface area contributed by atoms with Gasteiger partial charge in [-0.3, -0.25) is 14.6 Å². The predicted octanol–water partition coefficient (Wildman–Crippen LogP) is 2.23. The smallest absolute Gasteiger partial charge is 0.271 e. The molecular weight excluding hydrogens is 434 g/mol. The predicted molar refractivity (Wildman–Crippen MR) is 130 cm³/mol. The molecule has 0 saturated carbocycles. The first-order valence-corrected chi connectivity index (χ1v) is 11.6. The highest BCUT2D eigenvalue weighted by molar-refractivity contribution is 5.93. The summed E-state index contributed by atoms with van der Waals surface area (Å²) in [5, 5.41) is 7.44. The first-order valence-electron chi connectivity index (χ1n) is 11.6. The highest BCUT2D eigenvalue weighted by Gasteiger charge is 2.22.